The summed E-state index contributed by atoms with van der Waals surface area (Å²) < 4.78 is 0.696. The monoisotopic (exact) mass is 239 g/mol. The Morgan fingerprint density at radius 2 is 2.54 bits per heavy atom. The Hall–Kier alpha value is -1.41. The summed E-state index contributed by atoms with van der Waals surface area (Å²) >= 11 is 3.22. The highest BCUT2D eigenvalue weighted by Crippen LogP contribution is 2.19. The van der Waals surface area contributed by atoms with Crippen molar-refractivity contribution in [2.75, 3.05) is 5.32 Å². The van der Waals surface area contributed by atoms with E-state index in [2.05, 4.69) is 26.2 Å². The average molecular weight is 240 g/mol. The SMILES string of the molecule is N#CCC(=O)Nc1ccncc1Br. The van der Waals surface area contributed by atoms with Crippen LogP contribution in [0.5, 0.6) is 0 Å². The first-order valence-electron chi connectivity index (χ1n) is 3.50. The zero-order valence-electron chi connectivity index (χ0n) is 6.62. The Morgan fingerprint density at radius 3 is 3.15 bits per heavy atom. The number of hydrogen-bond donors (Lipinski definition) is 1. The molecular weight excluding hydrogens is 234 g/mol. The Balaban J connectivity index is 2.70. The number of amides is 1. The lowest BCUT2D eigenvalue weighted by Gasteiger charge is -2.03. The summed E-state index contributed by atoms with van der Waals surface area (Å²) in [6.45, 7) is 0. The third-order valence-corrected chi connectivity index (χ3v) is 1.92. The lowest BCUT2D eigenvalue weighted by molar-refractivity contribution is -0.115. The van der Waals surface area contributed by atoms with E-state index in [0.29, 0.717) is 10.2 Å². The second kappa shape index (κ2) is 4.58. The van der Waals surface area contributed by atoms with Gasteiger partial charge in [-0.15, -0.1) is 0 Å². The van der Waals surface area contributed by atoms with Crippen molar-refractivity contribution in [3.05, 3.63) is 22.9 Å². The van der Waals surface area contributed by atoms with E-state index in [1.54, 1.807) is 24.5 Å². The van der Waals surface area contributed by atoms with Crippen LogP contribution in [0.1, 0.15) is 6.42 Å². The molecule has 1 amide bonds. The van der Waals surface area contributed by atoms with Crippen molar-refractivity contribution in [3.8, 4) is 6.07 Å². The molecule has 0 radical (unpaired) electrons. The summed E-state index contributed by atoms with van der Waals surface area (Å²) in [6.07, 6.45) is 2.99. The van der Waals surface area contributed by atoms with Crippen LogP contribution in [-0.4, -0.2) is 10.9 Å². The first-order valence-corrected chi connectivity index (χ1v) is 4.29. The number of halogens is 1. The molecule has 1 N–H and O–H groups in total. The van der Waals surface area contributed by atoms with Crippen molar-refractivity contribution >= 4 is 27.5 Å². The van der Waals surface area contributed by atoms with Crippen molar-refractivity contribution in [3.63, 3.8) is 0 Å². The number of rotatable bonds is 2. The lowest BCUT2D eigenvalue weighted by Crippen LogP contribution is -2.10. The van der Waals surface area contributed by atoms with E-state index in [9.17, 15) is 4.79 Å². The number of nitrogens with zero attached hydrogens (tertiary/aromatic N) is 2. The van der Waals surface area contributed by atoms with E-state index < -0.39 is 0 Å². The van der Waals surface area contributed by atoms with Crippen LogP contribution in [0.3, 0.4) is 0 Å². The first kappa shape index (κ1) is 9.68. The molecule has 0 aliphatic heterocycles. The molecule has 66 valence electrons. The Morgan fingerprint density at radius 1 is 1.77 bits per heavy atom. The van der Waals surface area contributed by atoms with Gasteiger partial charge in [0.05, 0.1) is 16.2 Å². The molecule has 1 rings (SSSR count). The third kappa shape index (κ3) is 2.84. The Kier molecular flexibility index (Phi) is 3.41. The average Bonchev–Trinajstić information content (AvgIpc) is 2.09. The fourth-order valence-electron chi connectivity index (χ4n) is 0.743. The smallest absolute Gasteiger partial charge is 0.238 e. The largest absolute Gasteiger partial charge is 0.324 e. The highest BCUT2D eigenvalue weighted by Gasteiger charge is 2.03. The van der Waals surface area contributed by atoms with Crippen LogP contribution in [0, 0.1) is 11.3 Å². The normalized spacial score (nSPS) is 8.92. The van der Waals surface area contributed by atoms with Crippen LogP contribution in [0.25, 0.3) is 0 Å². The van der Waals surface area contributed by atoms with Crippen LogP contribution >= 0.6 is 15.9 Å². The molecule has 0 saturated heterocycles. The van der Waals surface area contributed by atoms with E-state index in [-0.39, 0.29) is 12.3 Å². The molecule has 0 atom stereocenters. The number of carbonyl (C=O) groups is 1. The van der Waals surface area contributed by atoms with Crippen LogP contribution in [-0.2, 0) is 4.79 Å². The first-order chi connectivity index (χ1) is 6.24. The van der Waals surface area contributed by atoms with E-state index in [1.165, 1.54) is 0 Å². The van der Waals surface area contributed by atoms with Gasteiger partial charge in [-0.3, -0.25) is 9.78 Å². The van der Waals surface area contributed by atoms with Crippen LogP contribution < -0.4 is 5.32 Å². The number of nitrogens with one attached hydrogen (secondary N) is 1. The highest BCUT2D eigenvalue weighted by molar-refractivity contribution is 9.10. The maximum atomic E-state index is 11.0. The van der Waals surface area contributed by atoms with Gasteiger partial charge in [-0.2, -0.15) is 5.26 Å². The summed E-state index contributed by atoms with van der Waals surface area (Å²) in [6, 6.07) is 3.42. The standard InChI is InChI=1S/C8H6BrN3O/c9-6-5-11-4-2-7(6)12-8(13)1-3-10/h2,4-5H,1H2,(H,11,12,13). The zero-order chi connectivity index (χ0) is 9.68. The maximum absolute atomic E-state index is 11.0. The molecule has 0 bridgehead atoms. The van der Waals surface area contributed by atoms with Gasteiger partial charge >= 0.3 is 0 Å². The molecule has 1 aromatic rings. The predicted octanol–water partition coefficient (Wildman–Crippen LogP) is 1.70. The second-order valence-electron chi connectivity index (χ2n) is 2.24. The third-order valence-electron chi connectivity index (χ3n) is 1.29. The van der Waals surface area contributed by atoms with Crippen molar-refractivity contribution in [1.82, 2.24) is 4.98 Å². The molecule has 4 nitrogen and oxygen atoms in total. The zero-order valence-corrected chi connectivity index (χ0v) is 8.21. The van der Waals surface area contributed by atoms with Crippen LogP contribution in [0.2, 0.25) is 0 Å². The van der Waals surface area contributed by atoms with Crippen LogP contribution in [0.4, 0.5) is 5.69 Å². The minimum Gasteiger partial charge on any atom is -0.324 e. The van der Waals surface area contributed by atoms with Gasteiger partial charge in [-0.25, -0.2) is 0 Å². The van der Waals surface area contributed by atoms with E-state index in [0.717, 1.165) is 0 Å². The van der Waals surface area contributed by atoms with Crippen LogP contribution in [0.15, 0.2) is 22.9 Å². The quantitative estimate of drug-likeness (QED) is 0.855. The van der Waals surface area contributed by atoms with Gasteiger partial charge in [0.1, 0.15) is 6.42 Å². The predicted molar refractivity (Wildman–Crippen MR) is 50.8 cm³/mol. The van der Waals surface area contributed by atoms with Gasteiger partial charge in [0.25, 0.3) is 0 Å². The van der Waals surface area contributed by atoms with Gasteiger partial charge in [0.2, 0.25) is 5.91 Å². The van der Waals surface area contributed by atoms with Crippen molar-refractivity contribution in [1.29, 1.82) is 5.26 Å². The van der Waals surface area contributed by atoms with Gasteiger partial charge in [0, 0.05) is 12.4 Å². The molecule has 0 aliphatic carbocycles. The topological polar surface area (TPSA) is 65.8 Å². The molecular formula is C8H6BrN3O. The molecule has 0 saturated carbocycles. The molecule has 5 heteroatoms. The highest BCUT2D eigenvalue weighted by atomic mass is 79.9. The molecule has 0 unspecified atom stereocenters. The van der Waals surface area contributed by atoms with Gasteiger partial charge in [-0.1, -0.05) is 0 Å². The second-order valence-corrected chi connectivity index (χ2v) is 3.09. The summed E-state index contributed by atoms with van der Waals surface area (Å²) in [5.41, 5.74) is 0.621. The lowest BCUT2D eigenvalue weighted by atomic mass is 10.3. The van der Waals surface area contributed by atoms with E-state index >= 15 is 0 Å². The summed E-state index contributed by atoms with van der Waals surface area (Å²) in [7, 11) is 0. The number of anilines is 1. The maximum Gasteiger partial charge on any atom is 0.238 e. The van der Waals surface area contributed by atoms with Gasteiger partial charge in [0.15, 0.2) is 0 Å². The number of aromatic nitrogens is 1. The fourth-order valence-corrected chi connectivity index (χ4v) is 1.09. The molecule has 0 fully saturated rings. The minimum atomic E-state index is -0.325. The summed E-state index contributed by atoms with van der Waals surface area (Å²) in [4.78, 5) is 14.8. The van der Waals surface area contributed by atoms with Crippen molar-refractivity contribution < 1.29 is 4.79 Å². The summed E-state index contributed by atoms with van der Waals surface area (Å²) in [5.74, 6) is -0.325. The Labute approximate surface area is 83.7 Å². The molecule has 0 spiro atoms. The Bertz CT molecular complexity index is 359. The molecule has 0 aliphatic rings. The fraction of sp³-hybridized carbons (Fsp3) is 0.125. The van der Waals surface area contributed by atoms with Gasteiger partial charge in [-0.05, 0) is 22.0 Å². The minimum absolute atomic E-state index is 0.144. The summed E-state index contributed by atoms with van der Waals surface area (Å²) in [5, 5.41) is 10.8. The molecule has 13 heavy (non-hydrogen) atoms. The number of carbonyl (C=O) groups excluding carboxylic acids is 1. The van der Waals surface area contributed by atoms with Crippen molar-refractivity contribution in [2.24, 2.45) is 0 Å². The molecule has 0 aromatic carbocycles. The van der Waals surface area contributed by atoms with Crippen molar-refractivity contribution in [2.45, 2.75) is 6.42 Å². The van der Waals surface area contributed by atoms with E-state index in [4.69, 9.17) is 5.26 Å². The molecule has 1 aromatic heterocycles. The molecule has 1 heterocycles. The van der Waals surface area contributed by atoms with Gasteiger partial charge < -0.3 is 5.32 Å². The number of nitriles is 1. The van der Waals surface area contributed by atoms with E-state index in [1.807, 2.05) is 0 Å². The number of pyridine rings is 1. The number of hydrogen-bond acceptors (Lipinski definition) is 3.